The highest BCUT2D eigenvalue weighted by molar-refractivity contribution is 9.10. The maximum Gasteiger partial charge on any atom is 0.251 e. The predicted octanol–water partition coefficient (Wildman–Crippen LogP) is 3.34. The summed E-state index contributed by atoms with van der Waals surface area (Å²) in [7, 11) is 0. The standard InChI is InChI=1S/C14H19BrN2O/c1-9-2-4-13(5-3-9)17-14(18)10-6-11(15)8-12(16)7-10/h6-9,13H,2-5,16H2,1H3,(H,17,18). The van der Waals surface area contributed by atoms with Crippen LogP contribution in [-0.2, 0) is 0 Å². The molecule has 0 bridgehead atoms. The lowest BCUT2D eigenvalue weighted by Crippen LogP contribution is -2.37. The van der Waals surface area contributed by atoms with E-state index in [4.69, 9.17) is 5.73 Å². The van der Waals surface area contributed by atoms with Gasteiger partial charge in [-0.2, -0.15) is 0 Å². The fourth-order valence-corrected chi connectivity index (χ4v) is 2.93. The Morgan fingerprint density at radius 1 is 1.28 bits per heavy atom. The van der Waals surface area contributed by atoms with Gasteiger partial charge in [0, 0.05) is 21.8 Å². The average molecular weight is 311 g/mol. The highest BCUT2D eigenvalue weighted by Gasteiger charge is 2.20. The molecule has 3 nitrogen and oxygen atoms in total. The van der Waals surface area contributed by atoms with Crippen LogP contribution in [0.3, 0.4) is 0 Å². The zero-order valence-electron chi connectivity index (χ0n) is 10.6. The van der Waals surface area contributed by atoms with Gasteiger partial charge in [-0.1, -0.05) is 22.9 Å². The Balaban J connectivity index is 1.99. The maximum absolute atomic E-state index is 12.1. The van der Waals surface area contributed by atoms with Crippen LogP contribution >= 0.6 is 15.9 Å². The van der Waals surface area contributed by atoms with Crippen molar-refractivity contribution in [3.05, 3.63) is 28.2 Å². The van der Waals surface area contributed by atoms with Crippen molar-refractivity contribution in [3.8, 4) is 0 Å². The van der Waals surface area contributed by atoms with E-state index in [0.29, 0.717) is 17.3 Å². The first kappa shape index (κ1) is 13.4. The first-order valence-corrected chi connectivity index (χ1v) is 7.21. The van der Waals surface area contributed by atoms with Crippen LogP contribution < -0.4 is 11.1 Å². The molecule has 0 unspecified atom stereocenters. The molecule has 1 saturated carbocycles. The number of halogens is 1. The number of nitrogen functional groups attached to an aromatic ring is 1. The van der Waals surface area contributed by atoms with Gasteiger partial charge in [-0.25, -0.2) is 0 Å². The van der Waals surface area contributed by atoms with Gasteiger partial charge in [0.1, 0.15) is 0 Å². The summed E-state index contributed by atoms with van der Waals surface area (Å²) in [6.45, 7) is 2.27. The maximum atomic E-state index is 12.1. The molecule has 3 N–H and O–H groups in total. The summed E-state index contributed by atoms with van der Waals surface area (Å²) in [5.74, 6) is 0.766. The molecule has 0 radical (unpaired) electrons. The van der Waals surface area contributed by atoms with E-state index in [-0.39, 0.29) is 5.91 Å². The Bertz CT molecular complexity index is 419. The Kier molecular flexibility index (Phi) is 4.27. The van der Waals surface area contributed by atoms with Gasteiger partial charge in [0.05, 0.1) is 0 Å². The van der Waals surface area contributed by atoms with Gasteiger partial charge in [0.25, 0.3) is 5.91 Å². The SMILES string of the molecule is CC1CCC(NC(=O)c2cc(N)cc(Br)c2)CC1. The van der Waals surface area contributed by atoms with Crippen LogP contribution in [0.15, 0.2) is 22.7 Å². The van der Waals surface area contributed by atoms with Crippen LogP contribution in [0.2, 0.25) is 0 Å². The largest absolute Gasteiger partial charge is 0.399 e. The van der Waals surface area contributed by atoms with Crippen LogP contribution in [0.4, 0.5) is 5.69 Å². The third-order valence-corrected chi connectivity index (χ3v) is 3.99. The van der Waals surface area contributed by atoms with Gasteiger partial charge in [-0.05, 0) is 49.8 Å². The van der Waals surface area contributed by atoms with Gasteiger partial charge in [-0.15, -0.1) is 0 Å². The lowest BCUT2D eigenvalue weighted by Gasteiger charge is -2.26. The van der Waals surface area contributed by atoms with Crippen molar-refractivity contribution in [1.82, 2.24) is 5.32 Å². The number of nitrogens with two attached hydrogens (primary N) is 1. The number of rotatable bonds is 2. The molecule has 0 aliphatic heterocycles. The van der Waals surface area contributed by atoms with Crippen LogP contribution in [-0.4, -0.2) is 11.9 Å². The second-order valence-electron chi connectivity index (χ2n) is 5.20. The normalized spacial score (nSPS) is 23.7. The minimum Gasteiger partial charge on any atom is -0.399 e. The van der Waals surface area contributed by atoms with Crippen LogP contribution in [0.1, 0.15) is 43.0 Å². The van der Waals surface area contributed by atoms with Crippen LogP contribution in [0, 0.1) is 5.92 Å². The fourth-order valence-electron chi connectivity index (χ4n) is 2.42. The van der Waals surface area contributed by atoms with Gasteiger partial charge in [0.15, 0.2) is 0 Å². The predicted molar refractivity (Wildman–Crippen MR) is 77.4 cm³/mol. The Labute approximate surface area is 116 Å². The quantitative estimate of drug-likeness (QED) is 0.823. The van der Waals surface area contributed by atoms with Crippen molar-refractivity contribution in [2.24, 2.45) is 5.92 Å². The van der Waals surface area contributed by atoms with Crippen molar-refractivity contribution < 1.29 is 4.79 Å². The smallest absolute Gasteiger partial charge is 0.251 e. The van der Waals surface area contributed by atoms with Gasteiger partial charge in [-0.3, -0.25) is 4.79 Å². The number of hydrogen-bond acceptors (Lipinski definition) is 2. The molecule has 1 amide bonds. The van der Waals surface area contributed by atoms with E-state index in [9.17, 15) is 4.79 Å². The molecule has 4 heteroatoms. The molecule has 0 atom stereocenters. The van der Waals surface area contributed by atoms with E-state index < -0.39 is 0 Å². The average Bonchev–Trinajstić information content (AvgIpc) is 2.31. The molecular formula is C14H19BrN2O. The minimum atomic E-state index is -0.0254. The number of hydrogen-bond donors (Lipinski definition) is 2. The molecule has 2 rings (SSSR count). The second kappa shape index (κ2) is 5.74. The summed E-state index contributed by atoms with van der Waals surface area (Å²) in [6.07, 6.45) is 4.56. The van der Waals surface area contributed by atoms with Crippen LogP contribution in [0.25, 0.3) is 0 Å². The molecule has 1 aliphatic rings. The summed E-state index contributed by atoms with van der Waals surface area (Å²) in [6, 6.07) is 5.62. The molecule has 18 heavy (non-hydrogen) atoms. The molecule has 1 aliphatic carbocycles. The monoisotopic (exact) mass is 310 g/mol. The Morgan fingerprint density at radius 2 is 1.94 bits per heavy atom. The fraction of sp³-hybridized carbons (Fsp3) is 0.500. The molecule has 1 fully saturated rings. The molecule has 98 valence electrons. The number of amides is 1. The van der Waals surface area contributed by atoms with Crippen molar-refractivity contribution in [1.29, 1.82) is 0 Å². The lowest BCUT2D eigenvalue weighted by molar-refractivity contribution is 0.0923. The highest BCUT2D eigenvalue weighted by Crippen LogP contribution is 2.24. The summed E-state index contributed by atoms with van der Waals surface area (Å²) in [4.78, 5) is 12.1. The number of carbonyl (C=O) groups excluding carboxylic acids is 1. The van der Waals surface area contributed by atoms with E-state index in [0.717, 1.165) is 23.2 Å². The first-order valence-electron chi connectivity index (χ1n) is 6.41. The topological polar surface area (TPSA) is 55.1 Å². The summed E-state index contributed by atoms with van der Waals surface area (Å²) < 4.78 is 0.838. The molecule has 1 aromatic carbocycles. The van der Waals surface area contributed by atoms with Gasteiger partial charge < -0.3 is 11.1 Å². The Hall–Kier alpha value is -1.03. The van der Waals surface area contributed by atoms with Crippen molar-refractivity contribution in [2.75, 3.05) is 5.73 Å². The van der Waals surface area contributed by atoms with Gasteiger partial charge in [0.2, 0.25) is 0 Å². The van der Waals surface area contributed by atoms with E-state index in [2.05, 4.69) is 28.2 Å². The molecule has 0 spiro atoms. The molecular weight excluding hydrogens is 292 g/mol. The van der Waals surface area contributed by atoms with E-state index in [1.807, 2.05) is 0 Å². The van der Waals surface area contributed by atoms with Crippen molar-refractivity contribution in [3.63, 3.8) is 0 Å². The van der Waals surface area contributed by atoms with Crippen LogP contribution in [0.5, 0.6) is 0 Å². The minimum absolute atomic E-state index is 0.0254. The van der Waals surface area contributed by atoms with Crippen molar-refractivity contribution in [2.45, 2.75) is 38.6 Å². The second-order valence-corrected chi connectivity index (χ2v) is 6.12. The number of benzene rings is 1. The molecule has 0 heterocycles. The van der Waals surface area contributed by atoms with Crippen molar-refractivity contribution >= 4 is 27.5 Å². The Morgan fingerprint density at radius 3 is 2.56 bits per heavy atom. The third kappa shape index (κ3) is 3.48. The van der Waals surface area contributed by atoms with E-state index >= 15 is 0 Å². The zero-order valence-corrected chi connectivity index (χ0v) is 12.2. The third-order valence-electron chi connectivity index (χ3n) is 3.53. The van der Waals surface area contributed by atoms with E-state index in [1.54, 1.807) is 18.2 Å². The molecule has 0 aromatic heterocycles. The summed E-state index contributed by atoms with van der Waals surface area (Å²) in [5.41, 5.74) is 6.97. The number of nitrogens with one attached hydrogen (secondary N) is 1. The molecule has 0 saturated heterocycles. The van der Waals surface area contributed by atoms with E-state index in [1.165, 1.54) is 12.8 Å². The summed E-state index contributed by atoms with van der Waals surface area (Å²) in [5, 5.41) is 3.09. The highest BCUT2D eigenvalue weighted by atomic mass is 79.9. The lowest BCUT2D eigenvalue weighted by atomic mass is 9.87. The zero-order chi connectivity index (χ0) is 13.1. The summed E-state index contributed by atoms with van der Waals surface area (Å²) >= 11 is 3.35. The van der Waals surface area contributed by atoms with Gasteiger partial charge >= 0.3 is 0 Å². The first-order chi connectivity index (χ1) is 8.54. The number of anilines is 1. The molecule has 1 aromatic rings. The number of carbonyl (C=O) groups is 1.